The quantitative estimate of drug-likeness (QED) is 0.719. The number of anilines is 2. The van der Waals surface area contributed by atoms with Crippen molar-refractivity contribution in [3.63, 3.8) is 0 Å². The Hall–Kier alpha value is -2.64. The van der Waals surface area contributed by atoms with Gasteiger partial charge in [-0.3, -0.25) is 4.98 Å². The molecular weight excluding hydrogens is 366 g/mol. The number of aromatic nitrogens is 3. The monoisotopic (exact) mass is 393 g/mol. The normalized spacial score (nSPS) is 19.8. The number of ether oxygens (including phenoxy) is 2. The molecule has 1 N–H and O–H groups in total. The van der Waals surface area contributed by atoms with E-state index in [2.05, 4.69) is 50.1 Å². The van der Waals surface area contributed by atoms with E-state index in [0.717, 1.165) is 80.5 Å². The average Bonchev–Trinajstić information content (AvgIpc) is 3.41. The molecule has 29 heavy (non-hydrogen) atoms. The summed E-state index contributed by atoms with van der Waals surface area (Å²) in [6.07, 6.45) is 4.40. The van der Waals surface area contributed by atoms with E-state index in [4.69, 9.17) is 14.5 Å². The van der Waals surface area contributed by atoms with Gasteiger partial charge in [0.1, 0.15) is 5.52 Å². The van der Waals surface area contributed by atoms with Crippen LogP contribution in [0.4, 0.5) is 11.6 Å². The Labute approximate surface area is 170 Å². The first-order chi connectivity index (χ1) is 14.3. The third-order valence-electron chi connectivity index (χ3n) is 5.82. The molecular formula is C22H27N5O2. The molecule has 152 valence electrons. The number of pyridine rings is 1. The van der Waals surface area contributed by atoms with Gasteiger partial charge in [-0.05, 0) is 31.0 Å². The van der Waals surface area contributed by atoms with E-state index in [1.54, 1.807) is 0 Å². The molecule has 2 aliphatic heterocycles. The average molecular weight is 393 g/mol. The Kier molecular flexibility index (Phi) is 5.08. The van der Waals surface area contributed by atoms with Crippen LogP contribution in [0.5, 0.6) is 0 Å². The van der Waals surface area contributed by atoms with Gasteiger partial charge in [-0.15, -0.1) is 0 Å². The fourth-order valence-corrected chi connectivity index (χ4v) is 4.09. The van der Waals surface area contributed by atoms with Crippen LogP contribution in [-0.2, 0) is 16.5 Å². The summed E-state index contributed by atoms with van der Waals surface area (Å²) >= 11 is 0. The molecule has 4 heterocycles. The van der Waals surface area contributed by atoms with Gasteiger partial charge in [0.15, 0.2) is 0 Å². The Balaban J connectivity index is 1.35. The van der Waals surface area contributed by atoms with Crippen molar-refractivity contribution in [1.82, 2.24) is 14.5 Å². The third kappa shape index (κ3) is 3.80. The van der Waals surface area contributed by atoms with E-state index in [1.165, 1.54) is 5.69 Å². The summed E-state index contributed by atoms with van der Waals surface area (Å²) in [4.78, 5) is 11.7. The van der Waals surface area contributed by atoms with Crippen molar-refractivity contribution < 1.29 is 9.47 Å². The molecule has 2 saturated heterocycles. The number of imidazole rings is 1. The molecule has 2 aliphatic rings. The fourth-order valence-electron chi connectivity index (χ4n) is 4.09. The molecule has 1 unspecified atom stereocenters. The van der Waals surface area contributed by atoms with Gasteiger partial charge in [0, 0.05) is 44.5 Å². The van der Waals surface area contributed by atoms with Gasteiger partial charge < -0.3 is 24.3 Å². The van der Waals surface area contributed by atoms with Crippen LogP contribution in [0.1, 0.15) is 12.8 Å². The number of nitrogens with zero attached hydrogens (tertiary/aromatic N) is 4. The molecule has 3 aromatic rings. The van der Waals surface area contributed by atoms with Gasteiger partial charge >= 0.3 is 0 Å². The molecule has 7 nitrogen and oxygen atoms in total. The standard InChI is InChI=1S/C22H27N5O2/c1-26-21-13-19(16-4-6-17(7-5-16)27-8-11-28-12-9-27)23-15-20(21)25-22(26)24-14-18-3-2-10-29-18/h4-7,13,15,18H,2-3,8-12,14H2,1H3,(H,24,25). The lowest BCUT2D eigenvalue weighted by Gasteiger charge is -2.28. The van der Waals surface area contributed by atoms with Gasteiger partial charge in [0.2, 0.25) is 5.95 Å². The summed E-state index contributed by atoms with van der Waals surface area (Å²) in [5.41, 5.74) is 5.27. The molecule has 0 spiro atoms. The lowest BCUT2D eigenvalue weighted by molar-refractivity contribution is 0.120. The fraction of sp³-hybridized carbons (Fsp3) is 0.455. The Morgan fingerprint density at radius 2 is 1.97 bits per heavy atom. The van der Waals surface area contributed by atoms with E-state index in [9.17, 15) is 0 Å². The Morgan fingerprint density at radius 1 is 1.14 bits per heavy atom. The summed E-state index contributed by atoms with van der Waals surface area (Å²) in [7, 11) is 2.04. The van der Waals surface area contributed by atoms with E-state index < -0.39 is 0 Å². The number of benzene rings is 1. The van der Waals surface area contributed by atoms with Crippen molar-refractivity contribution >= 4 is 22.7 Å². The predicted octanol–water partition coefficient (Wildman–Crippen LogP) is 3.06. The number of aryl methyl sites for hydroxylation is 1. The Morgan fingerprint density at radius 3 is 2.72 bits per heavy atom. The smallest absolute Gasteiger partial charge is 0.203 e. The van der Waals surface area contributed by atoms with Crippen LogP contribution < -0.4 is 10.2 Å². The van der Waals surface area contributed by atoms with Crippen LogP contribution in [0.15, 0.2) is 36.5 Å². The zero-order valence-electron chi connectivity index (χ0n) is 16.8. The number of hydrogen-bond acceptors (Lipinski definition) is 6. The number of fused-ring (bicyclic) bond motifs is 1. The van der Waals surface area contributed by atoms with Crippen LogP contribution in [0.3, 0.4) is 0 Å². The van der Waals surface area contributed by atoms with Crippen LogP contribution in [0, 0.1) is 0 Å². The van der Waals surface area contributed by atoms with Gasteiger partial charge in [0.05, 0.1) is 36.7 Å². The molecule has 2 aromatic heterocycles. The second-order valence-corrected chi connectivity index (χ2v) is 7.71. The first-order valence-electron chi connectivity index (χ1n) is 10.4. The highest BCUT2D eigenvalue weighted by Gasteiger charge is 2.17. The minimum Gasteiger partial charge on any atom is -0.378 e. The molecule has 1 aromatic carbocycles. The van der Waals surface area contributed by atoms with Crippen LogP contribution in [-0.4, -0.2) is 60.1 Å². The molecule has 7 heteroatoms. The van der Waals surface area contributed by atoms with Crippen molar-refractivity contribution in [2.45, 2.75) is 18.9 Å². The summed E-state index contributed by atoms with van der Waals surface area (Å²) < 4.78 is 13.2. The van der Waals surface area contributed by atoms with E-state index in [-0.39, 0.29) is 6.10 Å². The second-order valence-electron chi connectivity index (χ2n) is 7.71. The van der Waals surface area contributed by atoms with Crippen LogP contribution in [0.2, 0.25) is 0 Å². The lowest BCUT2D eigenvalue weighted by atomic mass is 10.1. The van der Waals surface area contributed by atoms with Crippen molar-refractivity contribution in [2.24, 2.45) is 7.05 Å². The number of morpholine rings is 1. The first-order valence-corrected chi connectivity index (χ1v) is 10.4. The SMILES string of the molecule is Cn1c(NCC2CCCO2)nc2cnc(-c3ccc(N4CCOCC4)cc3)cc21. The van der Waals surface area contributed by atoms with Crippen LogP contribution in [0.25, 0.3) is 22.3 Å². The maximum Gasteiger partial charge on any atom is 0.203 e. The van der Waals surface area contributed by atoms with Crippen molar-refractivity contribution in [2.75, 3.05) is 49.7 Å². The summed E-state index contributed by atoms with van der Waals surface area (Å²) in [6.45, 7) is 5.14. The third-order valence-corrected chi connectivity index (χ3v) is 5.82. The molecule has 5 rings (SSSR count). The summed E-state index contributed by atoms with van der Waals surface area (Å²) in [5.74, 6) is 0.858. The van der Waals surface area contributed by atoms with E-state index in [1.807, 2.05) is 13.2 Å². The second kappa shape index (κ2) is 8.00. The first kappa shape index (κ1) is 18.4. The summed E-state index contributed by atoms with van der Waals surface area (Å²) in [6, 6.07) is 10.7. The molecule has 0 aliphatic carbocycles. The zero-order valence-corrected chi connectivity index (χ0v) is 16.8. The maximum absolute atomic E-state index is 5.70. The minimum absolute atomic E-state index is 0.286. The van der Waals surface area contributed by atoms with Crippen molar-refractivity contribution in [1.29, 1.82) is 0 Å². The number of nitrogens with one attached hydrogen (secondary N) is 1. The number of hydrogen-bond donors (Lipinski definition) is 1. The molecule has 0 radical (unpaired) electrons. The maximum atomic E-state index is 5.70. The van der Waals surface area contributed by atoms with E-state index in [0.29, 0.717) is 0 Å². The van der Waals surface area contributed by atoms with Gasteiger partial charge in [-0.2, -0.15) is 0 Å². The molecule has 1 atom stereocenters. The topological polar surface area (TPSA) is 64.4 Å². The van der Waals surface area contributed by atoms with Crippen molar-refractivity contribution in [3.05, 3.63) is 36.5 Å². The molecule has 0 amide bonds. The van der Waals surface area contributed by atoms with Crippen molar-refractivity contribution in [3.8, 4) is 11.3 Å². The van der Waals surface area contributed by atoms with Crippen LogP contribution >= 0.6 is 0 Å². The zero-order chi connectivity index (χ0) is 19.6. The molecule has 0 bridgehead atoms. The van der Waals surface area contributed by atoms with Gasteiger partial charge in [0.25, 0.3) is 0 Å². The predicted molar refractivity (Wildman–Crippen MR) is 114 cm³/mol. The summed E-state index contributed by atoms with van der Waals surface area (Å²) in [5, 5.41) is 3.43. The molecule has 2 fully saturated rings. The van der Waals surface area contributed by atoms with Gasteiger partial charge in [-0.25, -0.2) is 4.98 Å². The highest BCUT2D eigenvalue weighted by atomic mass is 16.5. The minimum atomic E-state index is 0.286. The Bertz CT molecular complexity index is 973. The highest BCUT2D eigenvalue weighted by Crippen LogP contribution is 2.26. The van der Waals surface area contributed by atoms with Gasteiger partial charge in [-0.1, -0.05) is 12.1 Å². The highest BCUT2D eigenvalue weighted by molar-refractivity contribution is 5.82. The largest absolute Gasteiger partial charge is 0.378 e. The molecule has 0 saturated carbocycles. The van der Waals surface area contributed by atoms with E-state index >= 15 is 0 Å². The number of rotatable bonds is 5. The lowest BCUT2D eigenvalue weighted by Crippen LogP contribution is -2.36.